The van der Waals surface area contributed by atoms with Gasteiger partial charge in [0.25, 0.3) is 0 Å². The SMILES string of the molecule is Fc1cc(-c2cccc3ncnn23)cc(C2CCON2)c1. The number of fused-ring (bicyclic) bond motifs is 1. The van der Waals surface area contributed by atoms with Crippen molar-refractivity contribution in [3.63, 3.8) is 0 Å². The van der Waals surface area contributed by atoms with Crippen molar-refractivity contribution in [2.45, 2.75) is 12.5 Å². The maximum absolute atomic E-state index is 14.0. The molecule has 1 aliphatic rings. The van der Waals surface area contributed by atoms with Crippen LogP contribution in [0.3, 0.4) is 0 Å². The van der Waals surface area contributed by atoms with Gasteiger partial charge >= 0.3 is 0 Å². The summed E-state index contributed by atoms with van der Waals surface area (Å²) in [4.78, 5) is 9.31. The molecule has 0 amide bonds. The first-order valence-corrected chi connectivity index (χ1v) is 6.78. The molecule has 3 aromatic rings. The fourth-order valence-electron chi connectivity index (χ4n) is 2.66. The van der Waals surface area contributed by atoms with Crippen molar-refractivity contribution in [3.05, 3.63) is 54.1 Å². The zero-order valence-corrected chi connectivity index (χ0v) is 11.2. The van der Waals surface area contributed by atoms with E-state index < -0.39 is 0 Å². The second kappa shape index (κ2) is 4.91. The molecule has 4 rings (SSSR count). The standard InChI is InChI=1S/C15H13FN4O/c16-12-7-10(13-4-5-21-19-13)6-11(8-12)14-2-1-3-15-17-9-18-20(14)15/h1-3,6-9,13,19H,4-5H2. The molecule has 6 heteroatoms. The lowest BCUT2D eigenvalue weighted by atomic mass is 10.0. The molecule has 1 unspecified atom stereocenters. The van der Waals surface area contributed by atoms with Crippen molar-refractivity contribution in [2.75, 3.05) is 6.61 Å². The molecule has 0 bridgehead atoms. The van der Waals surface area contributed by atoms with Crippen molar-refractivity contribution >= 4 is 5.65 Å². The van der Waals surface area contributed by atoms with Crippen LogP contribution in [0.4, 0.5) is 4.39 Å². The molecule has 21 heavy (non-hydrogen) atoms. The van der Waals surface area contributed by atoms with Gasteiger partial charge in [-0.2, -0.15) is 10.6 Å². The third-order valence-corrected chi connectivity index (χ3v) is 3.65. The Hall–Kier alpha value is -2.31. The molecule has 1 fully saturated rings. The minimum absolute atomic E-state index is 0.0226. The molecule has 1 atom stereocenters. The highest BCUT2D eigenvalue weighted by Crippen LogP contribution is 2.28. The topological polar surface area (TPSA) is 51.5 Å². The molecule has 0 radical (unpaired) electrons. The molecule has 1 aliphatic heterocycles. The lowest BCUT2D eigenvalue weighted by molar-refractivity contribution is 0.0882. The van der Waals surface area contributed by atoms with E-state index in [0.717, 1.165) is 28.9 Å². The number of hydrogen-bond acceptors (Lipinski definition) is 4. The largest absolute Gasteiger partial charge is 0.301 e. The van der Waals surface area contributed by atoms with Crippen LogP contribution in [0, 0.1) is 5.82 Å². The van der Waals surface area contributed by atoms with Gasteiger partial charge in [0.15, 0.2) is 5.65 Å². The van der Waals surface area contributed by atoms with Crippen LogP contribution < -0.4 is 5.48 Å². The molecule has 5 nitrogen and oxygen atoms in total. The highest BCUT2D eigenvalue weighted by Gasteiger charge is 2.19. The van der Waals surface area contributed by atoms with Crippen LogP contribution in [-0.4, -0.2) is 21.2 Å². The first kappa shape index (κ1) is 12.4. The summed E-state index contributed by atoms with van der Waals surface area (Å²) in [6, 6.07) is 10.7. The number of halogens is 1. The Labute approximate surface area is 120 Å². The van der Waals surface area contributed by atoms with Crippen LogP contribution in [0.1, 0.15) is 18.0 Å². The summed E-state index contributed by atoms with van der Waals surface area (Å²) in [6.07, 6.45) is 2.32. The molecular formula is C15H13FN4O. The second-order valence-electron chi connectivity index (χ2n) is 5.02. The van der Waals surface area contributed by atoms with Gasteiger partial charge in [-0.1, -0.05) is 6.07 Å². The van der Waals surface area contributed by atoms with Crippen LogP contribution in [0.2, 0.25) is 0 Å². The average molecular weight is 284 g/mol. The van der Waals surface area contributed by atoms with Crippen LogP contribution in [0.5, 0.6) is 0 Å². The molecule has 3 heterocycles. The Bertz CT molecular complexity index is 795. The van der Waals surface area contributed by atoms with Gasteiger partial charge in [0.05, 0.1) is 18.3 Å². The zero-order valence-electron chi connectivity index (χ0n) is 11.2. The zero-order chi connectivity index (χ0) is 14.2. The van der Waals surface area contributed by atoms with E-state index >= 15 is 0 Å². The highest BCUT2D eigenvalue weighted by atomic mass is 19.1. The summed E-state index contributed by atoms with van der Waals surface area (Å²) in [5.74, 6) is -0.270. The molecule has 1 N–H and O–H groups in total. The molecular weight excluding hydrogens is 271 g/mol. The Kier molecular flexibility index (Phi) is 2.90. The summed E-state index contributed by atoms with van der Waals surface area (Å²) in [6.45, 7) is 0.634. The summed E-state index contributed by atoms with van der Waals surface area (Å²) in [5.41, 5.74) is 6.10. The fourth-order valence-corrected chi connectivity index (χ4v) is 2.66. The van der Waals surface area contributed by atoms with E-state index in [0.29, 0.717) is 6.61 Å². The minimum Gasteiger partial charge on any atom is -0.301 e. The van der Waals surface area contributed by atoms with Crippen molar-refractivity contribution in [2.24, 2.45) is 0 Å². The smallest absolute Gasteiger partial charge is 0.155 e. The van der Waals surface area contributed by atoms with Gasteiger partial charge in [0.2, 0.25) is 0 Å². The number of benzene rings is 1. The number of nitrogens with zero attached hydrogens (tertiary/aromatic N) is 3. The number of hydrogen-bond donors (Lipinski definition) is 1. The summed E-state index contributed by atoms with van der Waals surface area (Å²) in [5, 5.41) is 4.19. The Morgan fingerprint density at radius 3 is 3.10 bits per heavy atom. The minimum atomic E-state index is -0.270. The molecule has 0 spiro atoms. The Morgan fingerprint density at radius 2 is 2.24 bits per heavy atom. The van der Waals surface area contributed by atoms with Crippen molar-refractivity contribution in [1.82, 2.24) is 20.1 Å². The van der Waals surface area contributed by atoms with Crippen LogP contribution in [-0.2, 0) is 4.84 Å². The number of hydroxylamine groups is 1. The van der Waals surface area contributed by atoms with Gasteiger partial charge in [-0.25, -0.2) is 13.9 Å². The summed E-state index contributed by atoms with van der Waals surface area (Å²) >= 11 is 0. The Balaban J connectivity index is 1.86. The summed E-state index contributed by atoms with van der Waals surface area (Å²) in [7, 11) is 0. The maximum atomic E-state index is 14.0. The molecule has 2 aromatic heterocycles. The quantitative estimate of drug-likeness (QED) is 0.785. The van der Waals surface area contributed by atoms with E-state index in [1.54, 1.807) is 4.52 Å². The van der Waals surface area contributed by atoms with E-state index in [1.165, 1.54) is 18.5 Å². The number of nitrogens with one attached hydrogen (secondary N) is 1. The van der Waals surface area contributed by atoms with Crippen molar-refractivity contribution < 1.29 is 9.23 Å². The average Bonchev–Trinajstić information content (AvgIpc) is 3.17. The third kappa shape index (κ3) is 2.18. The van der Waals surface area contributed by atoms with E-state index in [4.69, 9.17) is 4.84 Å². The Morgan fingerprint density at radius 1 is 1.29 bits per heavy atom. The predicted molar refractivity (Wildman–Crippen MR) is 74.8 cm³/mol. The van der Waals surface area contributed by atoms with Gasteiger partial charge in [-0.15, -0.1) is 0 Å². The number of rotatable bonds is 2. The normalized spacial score (nSPS) is 18.4. The van der Waals surface area contributed by atoms with E-state index in [-0.39, 0.29) is 11.9 Å². The molecule has 0 aliphatic carbocycles. The molecule has 1 saturated heterocycles. The molecule has 1 aromatic carbocycles. The first-order valence-electron chi connectivity index (χ1n) is 6.78. The lowest BCUT2D eigenvalue weighted by Gasteiger charge is -2.12. The van der Waals surface area contributed by atoms with Crippen molar-refractivity contribution in [3.8, 4) is 11.3 Å². The van der Waals surface area contributed by atoms with E-state index in [2.05, 4.69) is 15.6 Å². The fraction of sp³-hybridized carbons (Fsp3) is 0.200. The lowest BCUT2D eigenvalue weighted by Crippen LogP contribution is -2.11. The first-order chi connectivity index (χ1) is 10.3. The van der Waals surface area contributed by atoms with E-state index in [9.17, 15) is 4.39 Å². The van der Waals surface area contributed by atoms with Crippen LogP contribution in [0.15, 0.2) is 42.7 Å². The molecule has 106 valence electrons. The number of aromatic nitrogens is 3. The van der Waals surface area contributed by atoms with Gasteiger partial charge in [0.1, 0.15) is 12.1 Å². The van der Waals surface area contributed by atoms with Gasteiger partial charge in [0, 0.05) is 5.56 Å². The van der Waals surface area contributed by atoms with Crippen LogP contribution >= 0.6 is 0 Å². The predicted octanol–water partition coefficient (Wildman–Crippen LogP) is 2.50. The van der Waals surface area contributed by atoms with E-state index in [1.807, 2.05) is 24.3 Å². The van der Waals surface area contributed by atoms with Gasteiger partial charge in [-0.3, -0.25) is 0 Å². The third-order valence-electron chi connectivity index (χ3n) is 3.65. The van der Waals surface area contributed by atoms with Gasteiger partial charge in [-0.05, 0) is 42.3 Å². The van der Waals surface area contributed by atoms with Crippen molar-refractivity contribution in [1.29, 1.82) is 0 Å². The monoisotopic (exact) mass is 284 g/mol. The number of pyridine rings is 1. The molecule has 0 saturated carbocycles. The van der Waals surface area contributed by atoms with Crippen LogP contribution in [0.25, 0.3) is 16.9 Å². The maximum Gasteiger partial charge on any atom is 0.155 e. The highest BCUT2D eigenvalue weighted by molar-refractivity contribution is 5.63. The van der Waals surface area contributed by atoms with Gasteiger partial charge < -0.3 is 4.84 Å². The summed E-state index contributed by atoms with van der Waals surface area (Å²) < 4.78 is 15.7. The second-order valence-corrected chi connectivity index (χ2v) is 5.02.